The summed E-state index contributed by atoms with van der Waals surface area (Å²) in [6, 6.07) is 9.54. The molecular weight excluding hydrogens is 410 g/mol. The van der Waals surface area contributed by atoms with Crippen molar-refractivity contribution in [2.75, 3.05) is 25.1 Å². The van der Waals surface area contributed by atoms with Crippen LogP contribution in [-0.2, 0) is 12.8 Å². The van der Waals surface area contributed by atoms with Crippen LogP contribution in [0.2, 0.25) is 0 Å². The Labute approximate surface area is 187 Å². The van der Waals surface area contributed by atoms with Gasteiger partial charge in [-0.2, -0.15) is 0 Å². The third-order valence-corrected chi connectivity index (χ3v) is 5.90. The minimum Gasteiger partial charge on any atom is -0.496 e. The average Bonchev–Trinajstić information content (AvgIpc) is 2.78. The second-order valence-electron chi connectivity index (χ2n) is 8.46. The van der Waals surface area contributed by atoms with Gasteiger partial charge in [0.15, 0.2) is 0 Å². The van der Waals surface area contributed by atoms with Gasteiger partial charge in [-0.05, 0) is 61.1 Å². The SMILES string of the molecule is COc1cccc(F)c1-c1nc(CCc2cnccc2N2C[C@H](C)C[C@H](N)C2)ccc1F. The molecule has 1 aromatic carbocycles. The number of anilines is 1. The van der Waals surface area contributed by atoms with E-state index in [1.165, 1.54) is 25.3 Å². The molecule has 0 amide bonds. The normalized spacial score (nSPS) is 18.6. The van der Waals surface area contributed by atoms with Gasteiger partial charge in [0, 0.05) is 42.9 Å². The van der Waals surface area contributed by atoms with Crippen molar-refractivity contribution in [1.82, 2.24) is 9.97 Å². The number of benzene rings is 1. The van der Waals surface area contributed by atoms with E-state index in [9.17, 15) is 8.78 Å². The lowest BCUT2D eigenvalue weighted by atomic mass is 9.95. The molecule has 3 aromatic rings. The predicted molar refractivity (Wildman–Crippen MR) is 122 cm³/mol. The molecule has 0 aliphatic carbocycles. The van der Waals surface area contributed by atoms with Crippen molar-refractivity contribution in [2.45, 2.75) is 32.2 Å². The van der Waals surface area contributed by atoms with Crippen molar-refractivity contribution in [2.24, 2.45) is 11.7 Å². The third kappa shape index (κ3) is 4.72. The van der Waals surface area contributed by atoms with E-state index < -0.39 is 11.6 Å². The number of hydrogen-bond acceptors (Lipinski definition) is 5. The topological polar surface area (TPSA) is 64.3 Å². The number of halogens is 2. The molecule has 2 atom stereocenters. The molecule has 0 saturated carbocycles. The highest BCUT2D eigenvalue weighted by Crippen LogP contribution is 2.33. The Hall–Kier alpha value is -3.06. The van der Waals surface area contributed by atoms with Gasteiger partial charge < -0.3 is 15.4 Å². The van der Waals surface area contributed by atoms with Crippen LogP contribution in [0.25, 0.3) is 11.3 Å². The quantitative estimate of drug-likeness (QED) is 0.619. The summed E-state index contributed by atoms with van der Waals surface area (Å²) in [5, 5.41) is 0. The van der Waals surface area contributed by atoms with Gasteiger partial charge in [-0.15, -0.1) is 0 Å². The highest BCUT2D eigenvalue weighted by Gasteiger charge is 2.24. The van der Waals surface area contributed by atoms with Gasteiger partial charge in [0.2, 0.25) is 0 Å². The van der Waals surface area contributed by atoms with E-state index in [1.807, 2.05) is 12.3 Å². The Balaban J connectivity index is 1.58. The molecule has 2 aromatic heterocycles. The minimum atomic E-state index is -0.587. The molecule has 0 bridgehead atoms. The molecule has 168 valence electrons. The van der Waals surface area contributed by atoms with E-state index in [-0.39, 0.29) is 23.0 Å². The van der Waals surface area contributed by atoms with Gasteiger partial charge in [-0.1, -0.05) is 13.0 Å². The highest BCUT2D eigenvalue weighted by molar-refractivity contribution is 5.68. The highest BCUT2D eigenvalue weighted by atomic mass is 19.1. The van der Waals surface area contributed by atoms with E-state index in [2.05, 4.69) is 21.8 Å². The van der Waals surface area contributed by atoms with Gasteiger partial charge in [0.1, 0.15) is 23.1 Å². The molecule has 4 rings (SSSR count). The number of rotatable bonds is 6. The van der Waals surface area contributed by atoms with Crippen molar-refractivity contribution in [3.63, 3.8) is 0 Å². The number of nitrogens with zero attached hydrogens (tertiary/aromatic N) is 3. The molecule has 1 aliphatic rings. The van der Waals surface area contributed by atoms with Gasteiger partial charge in [0.25, 0.3) is 0 Å². The zero-order valence-electron chi connectivity index (χ0n) is 18.4. The molecule has 0 radical (unpaired) electrons. The summed E-state index contributed by atoms with van der Waals surface area (Å²) in [5.74, 6) is -0.385. The van der Waals surface area contributed by atoms with E-state index in [0.29, 0.717) is 24.5 Å². The first kappa shape index (κ1) is 22.1. The van der Waals surface area contributed by atoms with Crippen molar-refractivity contribution in [1.29, 1.82) is 0 Å². The Morgan fingerprint density at radius 2 is 1.94 bits per heavy atom. The van der Waals surface area contributed by atoms with Crippen molar-refractivity contribution >= 4 is 5.69 Å². The van der Waals surface area contributed by atoms with E-state index in [1.54, 1.807) is 18.3 Å². The van der Waals surface area contributed by atoms with Crippen molar-refractivity contribution in [3.05, 3.63) is 71.7 Å². The van der Waals surface area contributed by atoms with Crippen LogP contribution in [-0.4, -0.2) is 36.2 Å². The van der Waals surface area contributed by atoms with Crippen molar-refractivity contribution in [3.8, 4) is 17.0 Å². The summed E-state index contributed by atoms with van der Waals surface area (Å²) in [5.41, 5.74) is 9.12. The largest absolute Gasteiger partial charge is 0.496 e. The lowest BCUT2D eigenvalue weighted by molar-refractivity contribution is 0.401. The Bertz CT molecular complexity index is 1080. The van der Waals surface area contributed by atoms with Crippen LogP contribution in [0, 0.1) is 17.6 Å². The Morgan fingerprint density at radius 3 is 2.72 bits per heavy atom. The number of aromatic nitrogens is 2. The maximum absolute atomic E-state index is 14.6. The number of methoxy groups -OCH3 is 1. The first-order chi connectivity index (χ1) is 15.5. The summed E-state index contributed by atoms with van der Waals surface area (Å²) in [6.07, 6.45) is 5.93. The summed E-state index contributed by atoms with van der Waals surface area (Å²) in [6.45, 7) is 3.98. The fourth-order valence-corrected chi connectivity index (χ4v) is 4.48. The molecule has 0 spiro atoms. The second-order valence-corrected chi connectivity index (χ2v) is 8.46. The third-order valence-electron chi connectivity index (χ3n) is 5.90. The minimum absolute atomic E-state index is 0.0349. The van der Waals surface area contributed by atoms with Gasteiger partial charge in [-0.25, -0.2) is 13.8 Å². The number of pyridine rings is 2. The van der Waals surface area contributed by atoms with E-state index >= 15 is 0 Å². The molecule has 3 heterocycles. The molecule has 1 saturated heterocycles. The van der Waals surface area contributed by atoms with Gasteiger partial charge in [-0.3, -0.25) is 4.98 Å². The molecule has 5 nitrogen and oxygen atoms in total. The summed E-state index contributed by atoms with van der Waals surface area (Å²) < 4.78 is 34.3. The van der Waals surface area contributed by atoms with Crippen LogP contribution in [0.3, 0.4) is 0 Å². The van der Waals surface area contributed by atoms with Crippen LogP contribution in [0.5, 0.6) is 5.75 Å². The first-order valence-corrected chi connectivity index (χ1v) is 10.9. The number of nitrogens with two attached hydrogens (primary N) is 1. The molecule has 1 aliphatic heterocycles. The van der Waals surface area contributed by atoms with Gasteiger partial charge in [0.05, 0.1) is 12.7 Å². The molecule has 0 unspecified atom stereocenters. The van der Waals surface area contributed by atoms with E-state index in [0.717, 1.165) is 30.8 Å². The second kappa shape index (κ2) is 9.61. The molecular formula is C25H28F2N4O. The Kier molecular flexibility index (Phi) is 6.65. The zero-order valence-corrected chi connectivity index (χ0v) is 18.4. The van der Waals surface area contributed by atoms with E-state index in [4.69, 9.17) is 10.5 Å². The summed E-state index contributed by atoms with van der Waals surface area (Å²) >= 11 is 0. The van der Waals surface area contributed by atoms with Crippen LogP contribution in [0.15, 0.2) is 48.8 Å². The summed E-state index contributed by atoms with van der Waals surface area (Å²) in [4.78, 5) is 11.1. The summed E-state index contributed by atoms with van der Waals surface area (Å²) in [7, 11) is 1.43. The maximum atomic E-state index is 14.6. The van der Waals surface area contributed by atoms with Crippen LogP contribution in [0.1, 0.15) is 24.6 Å². The average molecular weight is 439 g/mol. The molecule has 2 N–H and O–H groups in total. The van der Waals surface area contributed by atoms with Crippen molar-refractivity contribution < 1.29 is 13.5 Å². The monoisotopic (exact) mass is 438 g/mol. The molecule has 32 heavy (non-hydrogen) atoms. The standard InChI is InChI=1S/C25H28F2N4O/c1-16-12-18(28)15-31(14-16)22-10-11-29-13-17(22)6-7-19-8-9-21(27)25(30-19)24-20(26)4-3-5-23(24)32-2/h3-5,8-11,13,16,18H,6-7,12,14-15,28H2,1-2H3/t16-,18+/m1/s1. The Morgan fingerprint density at radius 1 is 1.09 bits per heavy atom. The lowest BCUT2D eigenvalue weighted by Gasteiger charge is -2.37. The zero-order chi connectivity index (χ0) is 22.7. The number of hydrogen-bond donors (Lipinski definition) is 1. The van der Waals surface area contributed by atoms with Gasteiger partial charge >= 0.3 is 0 Å². The lowest BCUT2D eigenvalue weighted by Crippen LogP contribution is -2.46. The number of piperidine rings is 1. The fourth-order valence-electron chi connectivity index (χ4n) is 4.48. The fraction of sp³-hybridized carbons (Fsp3) is 0.360. The maximum Gasteiger partial charge on any atom is 0.149 e. The predicted octanol–water partition coefficient (Wildman–Crippen LogP) is 4.39. The molecule has 7 heteroatoms. The number of aryl methyl sites for hydroxylation is 2. The number of ether oxygens (including phenoxy) is 1. The van der Waals surface area contributed by atoms with Crippen LogP contribution >= 0.6 is 0 Å². The first-order valence-electron chi connectivity index (χ1n) is 10.9. The molecule has 1 fully saturated rings. The van der Waals surface area contributed by atoms with Crippen LogP contribution < -0.4 is 15.4 Å². The van der Waals surface area contributed by atoms with Crippen LogP contribution in [0.4, 0.5) is 14.5 Å². The smallest absolute Gasteiger partial charge is 0.149 e.